The van der Waals surface area contributed by atoms with Gasteiger partial charge in [0.05, 0.1) is 19.1 Å². The molecule has 0 aliphatic carbocycles. The average molecular weight is 404 g/mol. The van der Waals surface area contributed by atoms with E-state index in [0.29, 0.717) is 6.54 Å². The maximum Gasteiger partial charge on any atom is 0.307 e. The van der Waals surface area contributed by atoms with Gasteiger partial charge in [-0.15, -0.1) is 0 Å². The van der Waals surface area contributed by atoms with Gasteiger partial charge >= 0.3 is 5.97 Å². The van der Waals surface area contributed by atoms with Crippen molar-refractivity contribution in [2.24, 2.45) is 5.92 Å². The summed E-state index contributed by atoms with van der Waals surface area (Å²) in [4.78, 5) is 13.8. The Hall–Kier alpha value is -1.85. The molecule has 2 aromatic carbocycles. The SMILES string of the molecule is COc1ccc(C(c2cccc(Br)c2)N2CCCC(C(=O)O)C2)cc1. The van der Waals surface area contributed by atoms with Gasteiger partial charge in [-0.2, -0.15) is 0 Å². The van der Waals surface area contributed by atoms with Gasteiger partial charge in [0.25, 0.3) is 0 Å². The molecule has 0 amide bonds. The minimum Gasteiger partial charge on any atom is -0.497 e. The van der Waals surface area contributed by atoms with Crippen LogP contribution < -0.4 is 4.74 Å². The lowest BCUT2D eigenvalue weighted by atomic mass is 9.91. The molecule has 1 fully saturated rings. The molecule has 4 nitrogen and oxygen atoms in total. The number of rotatable bonds is 5. The standard InChI is InChI=1S/C20H22BrNO3/c1-25-18-9-7-14(8-10-18)19(15-4-2-6-17(21)12-15)22-11-3-5-16(13-22)20(23)24/h2,4,6-10,12,16,19H,3,5,11,13H2,1H3,(H,23,24). The fourth-order valence-corrected chi connectivity index (χ4v) is 3.94. The summed E-state index contributed by atoms with van der Waals surface area (Å²) < 4.78 is 6.29. The molecule has 0 radical (unpaired) electrons. The van der Waals surface area contributed by atoms with E-state index in [1.807, 2.05) is 24.3 Å². The van der Waals surface area contributed by atoms with Crippen LogP contribution in [0.4, 0.5) is 0 Å². The van der Waals surface area contributed by atoms with Crippen molar-refractivity contribution in [3.8, 4) is 5.75 Å². The second-order valence-corrected chi connectivity index (χ2v) is 7.32. The molecule has 2 aromatic rings. The number of aliphatic carboxylic acids is 1. The van der Waals surface area contributed by atoms with Gasteiger partial charge in [0, 0.05) is 11.0 Å². The van der Waals surface area contributed by atoms with Crippen LogP contribution >= 0.6 is 15.9 Å². The Bertz CT molecular complexity index is 732. The average Bonchev–Trinajstić information content (AvgIpc) is 2.63. The number of benzene rings is 2. The summed E-state index contributed by atoms with van der Waals surface area (Å²) in [7, 11) is 1.66. The van der Waals surface area contributed by atoms with E-state index in [4.69, 9.17) is 4.74 Å². The zero-order chi connectivity index (χ0) is 17.8. The minimum absolute atomic E-state index is 0.0329. The van der Waals surface area contributed by atoms with Gasteiger partial charge in [-0.1, -0.05) is 40.2 Å². The molecule has 2 unspecified atom stereocenters. The van der Waals surface area contributed by atoms with E-state index in [1.54, 1.807) is 7.11 Å². The zero-order valence-electron chi connectivity index (χ0n) is 14.2. The van der Waals surface area contributed by atoms with Crippen molar-refractivity contribution < 1.29 is 14.6 Å². The number of carboxylic acids is 1. The molecule has 5 heteroatoms. The van der Waals surface area contributed by atoms with Crippen molar-refractivity contribution in [3.63, 3.8) is 0 Å². The molecule has 3 rings (SSSR count). The molecule has 0 bridgehead atoms. The van der Waals surface area contributed by atoms with Gasteiger partial charge in [0.1, 0.15) is 5.75 Å². The molecule has 1 N–H and O–H groups in total. The molecule has 1 aliphatic rings. The van der Waals surface area contributed by atoms with Crippen LogP contribution in [0, 0.1) is 5.92 Å². The highest BCUT2D eigenvalue weighted by Gasteiger charge is 2.31. The third-order valence-electron chi connectivity index (χ3n) is 4.76. The van der Waals surface area contributed by atoms with Crippen LogP contribution in [0.3, 0.4) is 0 Å². The number of nitrogens with zero attached hydrogens (tertiary/aromatic N) is 1. The van der Waals surface area contributed by atoms with Crippen molar-refractivity contribution >= 4 is 21.9 Å². The van der Waals surface area contributed by atoms with Gasteiger partial charge in [-0.25, -0.2) is 0 Å². The predicted octanol–water partition coefficient (Wildman–Crippen LogP) is 4.34. The lowest BCUT2D eigenvalue weighted by Crippen LogP contribution is -2.41. The van der Waals surface area contributed by atoms with Gasteiger partial charge in [-0.3, -0.25) is 9.69 Å². The second-order valence-electron chi connectivity index (χ2n) is 6.40. The van der Waals surface area contributed by atoms with Gasteiger partial charge < -0.3 is 9.84 Å². The number of carbonyl (C=O) groups is 1. The number of likely N-dealkylation sites (tertiary alicyclic amines) is 1. The van der Waals surface area contributed by atoms with E-state index in [-0.39, 0.29) is 12.0 Å². The minimum atomic E-state index is -0.701. The third kappa shape index (κ3) is 4.22. The number of hydrogen-bond acceptors (Lipinski definition) is 3. The van der Waals surface area contributed by atoms with Crippen LogP contribution in [0.25, 0.3) is 0 Å². The summed E-state index contributed by atoms with van der Waals surface area (Å²) in [5.74, 6) is -0.187. The largest absolute Gasteiger partial charge is 0.497 e. The second kappa shape index (κ2) is 8.02. The van der Waals surface area contributed by atoms with Crippen molar-refractivity contribution in [3.05, 3.63) is 64.1 Å². The molecular formula is C20H22BrNO3. The number of piperidine rings is 1. The van der Waals surface area contributed by atoms with Crippen LogP contribution in [-0.2, 0) is 4.79 Å². The molecular weight excluding hydrogens is 382 g/mol. The number of carboxylic acid groups (broad SMARTS) is 1. The molecule has 0 aromatic heterocycles. The fourth-order valence-electron chi connectivity index (χ4n) is 3.52. The molecule has 0 saturated carbocycles. The topological polar surface area (TPSA) is 49.8 Å². The third-order valence-corrected chi connectivity index (χ3v) is 5.26. The quantitative estimate of drug-likeness (QED) is 0.806. The molecule has 132 valence electrons. The monoisotopic (exact) mass is 403 g/mol. The highest BCUT2D eigenvalue weighted by Crippen LogP contribution is 2.34. The summed E-state index contributed by atoms with van der Waals surface area (Å²) in [6.07, 6.45) is 1.65. The van der Waals surface area contributed by atoms with Crippen molar-refractivity contribution in [2.75, 3.05) is 20.2 Å². The van der Waals surface area contributed by atoms with Crippen molar-refractivity contribution in [2.45, 2.75) is 18.9 Å². The van der Waals surface area contributed by atoms with Crippen LogP contribution in [0.2, 0.25) is 0 Å². The lowest BCUT2D eigenvalue weighted by Gasteiger charge is -2.37. The van der Waals surface area contributed by atoms with Crippen LogP contribution in [0.5, 0.6) is 5.75 Å². The number of ether oxygens (including phenoxy) is 1. The summed E-state index contributed by atoms with van der Waals surface area (Å²) >= 11 is 3.55. The first-order valence-corrected chi connectivity index (χ1v) is 9.24. The normalized spacial score (nSPS) is 19.4. The van der Waals surface area contributed by atoms with E-state index in [0.717, 1.165) is 40.7 Å². The van der Waals surface area contributed by atoms with Gasteiger partial charge in [0.2, 0.25) is 0 Å². The molecule has 1 heterocycles. The van der Waals surface area contributed by atoms with E-state index in [2.05, 4.69) is 45.1 Å². The number of hydrogen-bond donors (Lipinski definition) is 1. The van der Waals surface area contributed by atoms with Crippen LogP contribution in [0.1, 0.15) is 30.0 Å². The molecule has 25 heavy (non-hydrogen) atoms. The Morgan fingerprint density at radius 1 is 1.24 bits per heavy atom. The Balaban J connectivity index is 1.97. The maximum atomic E-state index is 11.5. The van der Waals surface area contributed by atoms with E-state index >= 15 is 0 Å². The Morgan fingerprint density at radius 2 is 2.00 bits per heavy atom. The number of methoxy groups -OCH3 is 1. The zero-order valence-corrected chi connectivity index (χ0v) is 15.8. The first-order valence-electron chi connectivity index (χ1n) is 8.44. The Labute approximate surface area is 156 Å². The Morgan fingerprint density at radius 3 is 2.64 bits per heavy atom. The molecule has 1 aliphatic heterocycles. The number of halogens is 1. The van der Waals surface area contributed by atoms with Gasteiger partial charge in [-0.05, 0) is 54.8 Å². The smallest absolute Gasteiger partial charge is 0.307 e. The Kier molecular flexibility index (Phi) is 5.76. The van der Waals surface area contributed by atoms with Crippen molar-refractivity contribution in [1.82, 2.24) is 4.90 Å². The lowest BCUT2D eigenvalue weighted by molar-refractivity contribution is -0.143. The van der Waals surface area contributed by atoms with Gasteiger partial charge in [0.15, 0.2) is 0 Å². The maximum absolute atomic E-state index is 11.5. The fraction of sp³-hybridized carbons (Fsp3) is 0.350. The highest BCUT2D eigenvalue weighted by molar-refractivity contribution is 9.10. The summed E-state index contributed by atoms with van der Waals surface area (Å²) in [5.41, 5.74) is 2.30. The van der Waals surface area contributed by atoms with Crippen molar-refractivity contribution in [1.29, 1.82) is 0 Å². The van der Waals surface area contributed by atoms with E-state index in [9.17, 15) is 9.90 Å². The molecule has 0 spiro atoms. The first-order chi connectivity index (χ1) is 12.1. The van der Waals surface area contributed by atoms with E-state index in [1.165, 1.54) is 0 Å². The van der Waals surface area contributed by atoms with E-state index < -0.39 is 5.97 Å². The predicted molar refractivity (Wildman–Crippen MR) is 101 cm³/mol. The molecule has 2 atom stereocenters. The van der Waals surface area contributed by atoms with Crippen LogP contribution in [0.15, 0.2) is 53.0 Å². The first kappa shape index (κ1) is 18.0. The highest BCUT2D eigenvalue weighted by atomic mass is 79.9. The molecule has 1 saturated heterocycles. The summed E-state index contributed by atoms with van der Waals surface area (Å²) in [6.45, 7) is 1.46. The van der Waals surface area contributed by atoms with Crippen LogP contribution in [-0.4, -0.2) is 36.2 Å². The summed E-state index contributed by atoms with van der Waals surface area (Å²) in [5, 5.41) is 9.44. The summed E-state index contributed by atoms with van der Waals surface area (Å²) in [6, 6.07) is 16.3.